The molecule has 3 aromatic carbocycles. The van der Waals surface area contributed by atoms with Crippen molar-refractivity contribution in [2.45, 2.75) is 13.5 Å². The number of carbonyl (C=O) groups excluding carboxylic acids is 1. The third-order valence-electron chi connectivity index (χ3n) is 5.33. The molecule has 1 fully saturated rings. The fourth-order valence-electron chi connectivity index (χ4n) is 3.55. The lowest BCUT2D eigenvalue weighted by Crippen LogP contribution is -2.31. The summed E-state index contributed by atoms with van der Waals surface area (Å²) >= 11 is 21.4. The standard InChI is InChI=1S/C26H21BrCl2N2O3S/c1-3-33-21-9-7-20(8-10-21)31-25(32)23(30(2)26(31)35)13-17-12-18(27)5-11-24(17)34-15-16-4-6-19(28)14-22(16)29/h4-14H,3,15H2,1-2H3/b23-13-. The number of thiocarbonyl (C=S) groups is 1. The summed E-state index contributed by atoms with van der Waals surface area (Å²) in [6.45, 7) is 2.73. The highest BCUT2D eigenvalue weighted by Crippen LogP contribution is 2.33. The summed E-state index contributed by atoms with van der Waals surface area (Å²) in [7, 11) is 1.77. The first kappa shape index (κ1) is 25.5. The maximum atomic E-state index is 13.4. The van der Waals surface area contributed by atoms with E-state index in [1.165, 1.54) is 4.90 Å². The molecule has 0 radical (unpaired) electrons. The van der Waals surface area contributed by atoms with E-state index >= 15 is 0 Å². The molecule has 5 nitrogen and oxygen atoms in total. The van der Waals surface area contributed by atoms with Crippen molar-refractivity contribution in [1.29, 1.82) is 0 Å². The summed E-state index contributed by atoms with van der Waals surface area (Å²) in [5.41, 5.74) is 2.61. The number of nitrogens with zero attached hydrogens (tertiary/aromatic N) is 2. The number of ether oxygens (including phenoxy) is 2. The Morgan fingerprint density at radius 2 is 1.77 bits per heavy atom. The molecule has 1 aliphatic heterocycles. The molecular weight excluding hydrogens is 571 g/mol. The van der Waals surface area contributed by atoms with Gasteiger partial charge in [-0.25, -0.2) is 0 Å². The number of rotatable bonds is 7. The molecule has 35 heavy (non-hydrogen) atoms. The van der Waals surface area contributed by atoms with Gasteiger partial charge in [0.25, 0.3) is 5.91 Å². The van der Waals surface area contributed by atoms with Gasteiger partial charge in [-0.2, -0.15) is 0 Å². The van der Waals surface area contributed by atoms with Crippen LogP contribution in [0.5, 0.6) is 11.5 Å². The van der Waals surface area contributed by atoms with Crippen molar-refractivity contribution in [1.82, 2.24) is 4.90 Å². The predicted octanol–water partition coefficient (Wildman–Crippen LogP) is 7.34. The minimum absolute atomic E-state index is 0.228. The quantitative estimate of drug-likeness (QED) is 0.212. The molecule has 0 aromatic heterocycles. The SMILES string of the molecule is CCOc1ccc(N2C(=O)/C(=C/c3cc(Br)ccc3OCc3ccc(Cl)cc3Cl)N(C)C2=S)cc1. The van der Waals surface area contributed by atoms with Gasteiger partial charge in [0.15, 0.2) is 5.11 Å². The van der Waals surface area contributed by atoms with Crippen LogP contribution in [0.1, 0.15) is 18.1 Å². The molecule has 0 N–H and O–H groups in total. The molecule has 1 saturated heterocycles. The molecule has 1 aliphatic rings. The molecule has 9 heteroatoms. The molecule has 3 aromatic rings. The number of hydrogen-bond donors (Lipinski definition) is 0. The number of amides is 1. The third-order valence-corrected chi connectivity index (χ3v) is 6.87. The number of likely N-dealkylation sites (N-methyl/N-ethyl adjacent to an activating group) is 1. The first-order chi connectivity index (χ1) is 16.8. The van der Waals surface area contributed by atoms with Gasteiger partial charge in [-0.1, -0.05) is 45.2 Å². The Morgan fingerprint density at radius 3 is 2.46 bits per heavy atom. The topological polar surface area (TPSA) is 42.0 Å². The molecule has 0 spiro atoms. The van der Waals surface area contributed by atoms with E-state index in [4.69, 9.17) is 44.9 Å². The van der Waals surface area contributed by atoms with Gasteiger partial charge in [-0.15, -0.1) is 0 Å². The predicted molar refractivity (Wildman–Crippen MR) is 148 cm³/mol. The average Bonchev–Trinajstić information content (AvgIpc) is 3.03. The summed E-state index contributed by atoms with van der Waals surface area (Å²) in [6.07, 6.45) is 1.77. The summed E-state index contributed by atoms with van der Waals surface area (Å²) in [5, 5.41) is 1.47. The van der Waals surface area contributed by atoms with Gasteiger partial charge in [0.05, 0.1) is 12.3 Å². The number of anilines is 1. The maximum absolute atomic E-state index is 13.4. The third kappa shape index (κ3) is 5.64. The van der Waals surface area contributed by atoms with Crippen LogP contribution in [0.3, 0.4) is 0 Å². The van der Waals surface area contributed by atoms with E-state index in [2.05, 4.69) is 15.9 Å². The fraction of sp³-hybridized carbons (Fsp3) is 0.154. The van der Waals surface area contributed by atoms with E-state index < -0.39 is 0 Å². The highest BCUT2D eigenvalue weighted by atomic mass is 79.9. The second-order valence-electron chi connectivity index (χ2n) is 7.65. The zero-order valence-corrected chi connectivity index (χ0v) is 22.8. The lowest BCUT2D eigenvalue weighted by molar-refractivity contribution is -0.114. The number of carbonyl (C=O) groups is 1. The Hall–Kier alpha value is -2.58. The molecule has 0 unspecified atom stereocenters. The minimum atomic E-state index is -0.228. The van der Waals surface area contributed by atoms with Crippen LogP contribution < -0.4 is 14.4 Å². The van der Waals surface area contributed by atoms with Crippen LogP contribution in [0, 0.1) is 0 Å². The van der Waals surface area contributed by atoms with Crippen molar-refractivity contribution in [3.05, 3.63) is 92.0 Å². The summed E-state index contributed by atoms with van der Waals surface area (Å²) < 4.78 is 12.4. The molecule has 0 aliphatic carbocycles. The lowest BCUT2D eigenvalue weighted by Gasteiger charge is -2.16. The van der Waals surface area contributed by atoms with Gasteiger partial charge in [-0.05, 0) is 79.8 Å². The second kappa shape index (κ2) is 11.0. The van der Waals surface area contributed by atoms with Crippen molar-refractivity contribution in [3.8, 4) is 11.5 Å². The van der Waals surface area contributed by atoms with Crippen LogP contribution in [0.15, 0.2) is 70.8 Å². The summed E-state index contributed by atoms with van der Waals surface area (Å²) in [6, 6.07) is 18.1. The first-order valence-electron chi connectivity index (χ1n) is 10.7. The molecular formula is C26H21BrCl2N2O3S. The smallest absolute Gasteiger partial charge is 0.281 e. The van der Waals surface area contributed by atoms with E-state index in [0.717, 1.165) is 21.3 Å². The molecule has 1 heterocycles. The van der Waals surface area contributed by atoms with Crippen molar-refractivity contribution >= 4 is 74.1 Å². The van der Waals surface area contributed by atoms with Crippen LogP contribution >= 0.6 is 51.3 Å². The number of benzene rings is 3. The largest absolute Gasteiger partial charge is 0.494 e. The van der Waals surface area contributed by atoms with Crippen LogP contribution in [-0.2, 0) is 11.4 Å². The number of hydrogen-bond acceptors (Lipinski definition) is 4. The molecule has 0 atom stereocenters. The second-order valence-corrected chi connectivity index (χ2v) is 9.77. The van der Waals surface area contributed by atoms with Gasteiger partial charge in [-0.3, -0.25) is 9.69 Å². The lowest BCUT2D eigenvalue weighted by atomic mass is 10.1. The van der Waals surface area contributed by atoms with E-state index in [1.807, 2.05) is 55.5 Å². The van der Waals surface area contributed by atoms with E-state index in [1.54, 1.807) is 30.2 Å². The van der Waals surface area contributed by atoms with Gasteiger partial charge < -0.3 is 14.4 Å². The Labute approximate surface area is 228 Å². The average molecular weight is 592 g/mol. The van der Waals surface area contributed by atoms with Gasteiger partial charge in [0, 0.05) is 32.7 Å². The zero-order valence-electron chi connectivity index (χ0n) is 18.9. The van der Waals surface area contributed by atoms with Crippen molar-refractivity contribution in [3.63, 3.8) is 0 Å². The highest BCUT2D eigenvalue weighted by Gasteiger charge is 2.37. The van der Waals surface area contributed by atoms with E-state index in [-0.39, 0.29) is 12.5 Å². The monoisotopic (exact) mass is 590 g/mol. The Morgan fingerprint density at radius 1 is 1.03 bits per heavy atom. The maximum Gasteiger partial charge on any atom is 0.281 e. The fourth-order valence-corrected chi connectivity index (χ4v) is 4.68. The molecule has 0 bridgehead atoms. The van der Waals surface area contributed by atoms with Crippen molar-refractivity contribution < 1.29 is 14.3 Å². The van der Waals surface area contributed by atoms with Gasteiger partial charge >= 0.3 is 0 Å². The highest BCUT2D eigenvalue weighted by molar-refractivity contribution is 9.10. The normalized spacial score (nSPS) is 14.7. The van der Waals surface area contributed by atoms with Crippen LogP contribution in [0.25, 0.3) is 6.08 Å². The molecule has 180 valence electrons. The van der Waals surface area contributed by atoms with Crippen molar-refractivity contribution in [2.24, 2.45) is 0 Å². The first-order valence-corrected chi connectivity index (χ1v) is 12.7. The van der Waals surface area contributed by atoms with Gasteiger partial charge in [0.1, 0.15) is 23.8 Å². The summed E-state index contributed by atoms with van der Waals surface area (Å²) in [5.74, 6) is 1.10. The molecule has 4 rings (SSSR count). The summed E-state index contributed by atoms with van der Waals surface area (Å²) in [4.78, 5) is 16.6. The van der Waals surface area contributed by atoms with E-state index in [9.17, 15) is 4.79 Å². The Bertz CT molecular complexity index is 1310. The van der Waals surface area contributed by atoms with E-state index in [0.29, 0.717) is 38.9 Å². The minimum Gasteiger partial charge on any atom is -0.494 e. The Balaban J connectivity index is 1.62. The van der Waals surface area contributed by atoms with Crippen LogP contribution in [0.2, 0.25) is 10.0 Å². The van der Waals surface area contributed by atoms with Crippen molar-refractivity contribution in [2.75, 3.05) is 18.6 Å². The van der Waals surface area contributed by atoms with Gasteiger partial charge in [0.2, 0.25) is 0 Å². The zero-order chi connectivity index (χ0) is 25.1. The molecule has 0 saturated carbocycles. The Kier molecular flexibility index (Phi) is 8.02. The van der Waals surface area contributed by atoms with Crippen LogP contribution in [0.4, 0.5) is 5.69 Å². The molecule has 1 amide bonds. The van der Waals surface area contributed by atoms with Crippen LogP contribution in [-0.4, -0.2) is 29.6 Å². The number of halogens is 3.